The summed E-state index contributed by atoms with van der Waals surface area (Å²) in [6.07, 6.45) is 1.08. The third kappa shape index (κ3) is 3.54. The first-order chi connectivity index (χ1) is 10.2. The number of amides is 2. The highest BCUT2D eigenvalue weighted by Crippen LogP contribution is 2.18. The number of nitrogens with one attached hydrogen (secondary N) is 2. The van der Waals surface area contributed by atoms with Gasteiger partial charge in [0.2, 0.25) is 0 Å². The van der Waals surface area contributed by atoms with Crippen LogP contribution in [0.5, 0.6) is 0 Å². The lowest BCUT2D eigenvalue weighted by molar-refractivity contribution is 0.172. The zero-order chi connectivity index (χ0) is 14.7. The van der Waals surface area contributed by atoms with Crippen LogP contribution in [0.15, 0.2) is 24.3 Å². The van der Waals surface area contributed by atoms with Gasteiger partial charge in [-0.1, -0.05) is 17.7 Å². The summed E-state index contributed by atoms with van der Waals surface area (Å²) in [5.74, 6) is 0. The number of hydrogen-bond acceptors (Lipinski definition) is 3. The van der Waals surface area contributed by atoms with Crippen molar-refractivity contribution < 1.29 is 4.79 Å². The Kier molecular flexibility index (Phi) is 4.41. The van der Waals surface area contributed by atoms with Crippen LogP contribution in [-0.2, 0) is 0 Å². The largest absolute Gasteiger partial charge is 0.323 e. The molecule has 0 aromatic heterocycles. The molecule has 2 amide bonds. The number of rotatable bonds is 2. The van der Waals surface area contributed by atoms with Gasteiger partial charge in [-0.3, -0.25) is 4.90 Å². The standard InChI is InChI=1S/C16H24N4O/c1-13-2-4-14(5-3-13)18-16(21)20-9-6-15(12-20)19-10-7-17-8-11-19/h2-5,15,17H,6-12H2,1H3,(H,18,21). The van der Waals surface area contributed by atoms with Gasteiger partial charge in [0.15, 0.2) is 0 Å². The maximum absolute atomic E-state index is 12.3. The fourth-order valence-electron chi connectivity index (χ4n) is 3.11. The lowest BCUT2D eigenvalue weighted by Gasteiger charge is -2.32. The molecule has 5 nitrogen and oxygen atoms in total. The maximum atomic E-state index is 12.3. The van der Waals surface area contributed by atoms with Crippen LogP contribution in [0, 0.1) is 6.92 Å². The minimum atomic E-state index is 0.0245. The quantitative estimate of drug-likeness (QED) is 0.867. The van der Waals surface area contributed by atoms with Crippen molar-refractivity contribution in [2.24, 2.45) is 0 Å². The average molecular weight is 288 g/mol. The summed E-state index contributed by atoms with van der Waals surface area (Å²) in [6, 6.07) is 8.49. The maximum Gasteiger partial charge on any atom is 0.321 e. The predicted molar refractivity (Wildman–Crippen MR) is 84.6 cm³/mol. The molecule has 1 atom stereocenters. The molecule has 1 unspecified atom stereocenters. The Bertz CT molecular complexity index is 482. The van der Waals surface area contributed by atoms with Crippen LogP contribution in [0.2, 0.25) is 0 Å². The van der Waals surface area contributed by atoms with E-state index in [1.54, 1.807) is 0 Å². The Morgan fingerprint density at radius 3 is 2.62 bits per heavy atom. The normalized spacial score (nSPS) is 23.3. The molecule has 114 valence electrons. The van der Waals surface area contributed by atoms with Gasteiger partial charge in [-0.05, 0) is 25.5 Å². The van der Waals surface area contributed by atoms with Crippen LogP contribution < -0.4 is 10.6 Å². The van der Waals surface area contributed by atoms with E-state index < -0.39 is 0 Å². The average Bonchev–Trinajstić information content (AvgIpc) is 3.00. The SMILES string of the molecule is Cc1ccc(NC(=O)N2CCC(N3CCNCC3)C2)cc1. The number of urea groups is 1. The van der Waals surface area contributed by atoms with E-state index in [1.807, 2.05) is 36.1 Å². The lowest BCUT2D eigenvalue weighted by atomic mass is 10.2. The monoisotopic (exact) mass is 288 g/mol. The van der Waals surface area contributed by atoms with Gasteiger partial charge in [0, 0.05) is 51.0 Å². The number of nitrogens with zero attached hydrogens (tertiary/aromatic N) is 2. The molecule has 0 bridgehead atoms. The summed E-state index contributed by atoms with van der Waals surface area (Å²) in [4.78, 5) is 16.8. The van der Waals surface area contributed by atoms with Crippen molar-refractivity contribution in [2.45, 2.75) is 19.4 Å². The van der Waals surface area contributed by atoms with Crippen molar-refractivity contribution in [3.05, 3.63) is 29.8 Å². The minimum absolute atomic E-state index is 0.0245. The molecule has 2 aliphatic heterocycles. The summed E-state index contributed by atoms with van der Waals surface area (Å²) in [5.41, 5.74) is 2.07. The zero-order valence-electron chi connectivity index (χ0n) is 12.6. The summed E-state index contributed by atoms with van der Waals surface area (Å²) < 4.78 is 0. The summed E-state index contributed by atoms with van der Waals surface area (Å²) in [7, 11) is 0. The number of piperazine rings is 1. The molecule has 21 heavy (non-hydrogen) atoms. The molecule has 0 saturated carbocycles. The van der Waals surface area contributed by atoms with E-state index in [9.17, 15) is 4.79 Å². The van der Waals surface area contributed by atoms with Crippen molar-refractivity contribution in [2.75, 3.05) is 44.6 Å². The minimum Gasteiger partial charge on any atom is -0.323 e. The topological polar surface area (TPSA) is 47.6 Å². The Morgan fingerprint density at radius 1 is 1.19 bits per heavy atom. The van der Waals surface area contributed by atoms with Crippen molar-refractivity contribution in [1.29, 1.82) is 0 Å². The second kappa shape index (κ2) is 6.45. The molecule has 0 spiro atoms. The van der Waals surface area contributed by atoms with Crippen LogP contribution >= 0.6 is 0 Å². The highest BCUT2D eigenvalue weighted by Gasteiger charge is 2.30. The van der Waals surface area contributed by atoms with Crippen LogP contribution in [0.3, 0.4) is 0 Å². The van der Waals surface area contributed by atoms with Crippen molar-refractivity contribution >= 4 is 11.7 Å². The van der Waals surface area contributed by atoms with Gasteiger partial charge in [-0.15, -0.1) is 0 Å². The van der Waals surface area contributed by atoms with Crippen molar-refractivity contribution in [3.63, 3.8) is 0 Å². The molecule has 1 aromatic rings. The predicted octanol–water partition coefficient (Wildman–Crippen LogP) is 1.51. The molecule has 0 aliphatic carbocycles. The first-order valence-corrected chi connectivity index (χ1v) is 7.80. The fraction of sp³-hybridized carbons (Fsp3) is 0.562. The Labute approximate surface area is 126 Å². The molecule has 2 N–H and O–H groups in total. The third-order valence-corrected chi connectivity index (χ3v) is 4.42. The highest BCUT2D eigenvalue weighted by molar-refractivity contribution is 5.89. The van der Waals surface area contributed by atoms with Gasteiger partial charge in [-0.2, -0.15) is 0 Å². The highest BCUT2D eigenvalue weighted by atomic mass is 16.2. The van der Waals surface area contributed by atoms with Gasteiger partial charge in [0.05, 0.1) is 0 Å². The second-order valence-corrected chi connectivity index (χ2v) is 5.97. The molecule has 2 aliphatic rings. The molecule has 2 saturated heterocycles. The zero-order valence-corrected chi connectivity index (χ0v) is 12.6. The molecule has 5 heteroatoms. The van der Waals surface area contributed by atoms with Gasteiger partial charge in [0.25, 0.3) is 0 Å². The van der Waals surface area contributed by atoms with Gasteiger partial charge in [0.1, 0.15) is 0 Å². The molecule has 3 rings (SSSR count). The number of aryl methyl sites for hydroxylation is 1. The molecular formula is C16H24N4O. The summed E-state index contributed by atoms with van der Waals surface area (Å²) in [5, 5.41) is 6.37. The van der Waals surface area contributed by atoms with E-state index in [0.717, 1.165) is 51.4 Å². The van der Waals surface area contributed by atoms with Crippen LogP contribution in [0.25, 0.3) is 0 Å². The lowest BCUT2D eigenvalue weighted by Crippen LogP contribution is -2.49. The van der Waals surface area contributed by atoms with E-state index in [4.69, 9.17) is 0 Å². The van der Waals surface area contributed by atoms with E-state index in [-0.39, 0.29) is 6.03 Å². The Hall–Kier alpha value is -1.59. The molecular weight excluding hydrogens is 264 g/mol. The second-order valence-electron chi connectivity index (χ2n) is 5.97. The first-order valence-electron chi connectivity index (χ1n) is 7.80. The van der Waals surface area contributed by atoms with Crippen molar-refractivity contribution in [3.8, 4) is 0 Å². The third-order valence-electron chi connectivity index (χ3n) is 4.42. The van der Waals surface area contributed by atoms with Crippen molar-refractivity contribution in [1.82, 2.24) is 15.1 Å². The van der Waals surface area contributed by atoms with E-state index in [1.165, 1.54) is 5.56 Å². The number of benzene rings is 1. The molecule has 2 heterocycles. The number of carbonyl (C=O) groups is 1. The Morgan fingerprint density at radius 2 is 1.90 bits per heavy atom. The number of carbonyl (C=O) groups excluding carboxylic acids is 1. The smallest absolute Gasteiger partial charge is 0.321 e. The van der Waals surface area contributed by atoms with E-state index in [2.05, 4.69) is 15.5 Å². The number of likely N-dealkylation sites (tertiary alicyclic amines) is 1. The van der Waals surface area contributed by atoms with Crippen LogP contribution in [-0.4, -0.2) is 61.1 Å². The summed E-state index contributed by atoms with van der Waals surface area (Å²) in [6.45, 7) is 8.06. The van der Waals surface area contributed by atoms with Gasteiger partial charge < -0.3 is 15.5 Å². The molecule has 2 fully saturated rings. The molecule has 0 radical (unpaired) electrons. The number of hydrogen-bond donors (Lipinski definition) is 2. The first kappa shape index (κ1) is 14.4. The van der Waals surface area contributed by atoms with E-state index in [0.29, 0.717) is 6.04 Å². The number of anilines is 1. The summed E-state index contributed by atoms with van der Waals surface area (Å²) >= 11 is 0. The fourth-order valence-corrected chi connectivity index (χ4v) is 3.11. The van der Waals surface area contributed by atoms with Gasteiger partial charge >= 0.3 is 6.03 Å². The Balaban J connectivity index is 1.53. The van der Waals surface area contributed by atoms with Gasteiger partial charge in [-0.25, -0.2) is 4.79 Å². The van der Waals surface area contributed by atoms with Crippen LogP contribution in [0.1, 0.15) is 12.0 Å². The van der Waals surface area contributed by atoms with E-state index >= 15 is 0 Å². The van der Waals surface area contributed by atoms with Crippen LogP contribution in [0.4, 0.5) is 10.5 Å². The molecule has 1 aromatic carbocycles.